The van der Waals surface area contributed by atoms with Crippen LogP contribution in [0.5, 0.6) is 5.75 Å². The second-order valence-electron chi connectivity index (χ2n) is 8.99. The van der Waals surface area contributed by atoms with Crippen LogP contribution >= 0.6 is 0 Å². The van der Waals surface area contributed by atoms with Gasteiger partial charge in [0.05, 0.1) is 5.56 Å². The second-order valence-corrected chi connectivity index (χ2v) is 10.5. The average molecular weight is 521 g/mol. The lowest BCUT2D eigenvalue weighted by Crippen LogP contribution is -2.15. The number of hydrogen-bond acceptors (Lipinski definition) is 6. The van der Waals surface area contributed by atoms with Crippen LogP contribution in [0.15, 0.2) is 53.4 Å². The molecule has 1 heterocycles. The van der Waals surface area contributed by atoms with Crippen LogP contribution in [0.3, 0.4) is 0 Å². The van der Waals surface area contributed by atoms with Crippen LogP contribution in [0.25, 0.3) is 6.08 Å². The van der Waals surface area contributed by atoms with Crippen molar-refractivity contribution in [1.82, 2.24) is 0 Å². The number of benzene rings is 3. The van der Waals surface area contributed by atoms with Crippen molar-refractivity contribution in [2.45, 2.75) is 52.0 Å². The molecule has 37 heavy (non-hydrogen) atoms. The quantitative estimate of drug-likeness (QED) is 0.306. The largest absolute Gasteiger partial charge is 0.478 e. The molecule has 0 saturated carbocycles. The Morgan fingerprint density at radius 1 is 1.08 bits per heavy atom. The summed E-state index contributed by atoms with van der Waals surface area (Å²) in [6, 6.07) is 11.3. The number of carboxylic acid groups (broad SMARTS) is 1. The molecule has 8 heteroatoms. The minimum Gasteiger partial charge on any atom is -0.478 e. The molecule has 0 unspecified atom stereocenters. The molecule has 1 aliphatic rings. The number of allylic oxidation sites excluding steroid dienone is 1. The molecule has 192 valence electrons. The molecule has 0 fully saturated rings. The highest BCUT2D eigenvalue weighted by Crippen LogP contribution is 2.40. The predicted octanol–water partition coefficient (Wildman–Crippen LogP) is 5.57. The van der Waals surface area contributed by atoms with Crippen LogP contribution in [0.2, 0.25) is 0 Å². The molecule has 1 aliphatic heterocycles. The molecule has 7 nitrogen and oxygen atoms in total. The average Bonchev–Trinajstić information content (AvgIpc) is 3.24. The van der Waals surface area contributed by atoms with Crippen molar-refractivity contribution in [3.8, 4) is 5.75 Å². The van der Waals surface area contributed by atoms with E-state index in [1.165, 1.54) is 18.2 Å². The SMILES string of the molecule is CCc1c(C)c2c(c(OS(=O)(=O)c3ccc(C)cc3)c1C/C=C/c1c(C)cccc1C(=O)O)C(=O)OC2. The number of ether oxygens (including phenoxy) is 1. The Balaban J connectivity index is 1.85. The summed E-state index contributed by atoms with van der Waals surface area (Å²) in [6.45, 7) is 7.55. The summed E-state index contributed by atoms with van der Waals surface area (Å²) in [7, 11) is -4.25. The zero-order chi connectivity index (χ0) is 26.9. The fraction of sp³-hybridized carbons (Fsp3) is 0.241. The molecule has 0 aliphatic carbocycles. The van der Waals surface area contributed by atoms with E-state index in [-0.39, 0.29) is 34.8 Å². The molecule has 0 amide bonds. The number of carbonyl (C=O) groups is 2. The molecule has 0 aromatic heterocycles. The van der Waals surface area contributed by atoms with Gasteiger partial charge < -0.3 is 14.0 Å². The molecular formula is C29H28O7S. The maximum atomic E-state index is 13.3. The highest BCUT2D eigenvalue weighted by atomic mass is 32.2. The normalized spacial score (nSPS) is 13.0. The summed E-state index contributed by atoms with van der Waals surface area (Å²) in [5, 5.41) is 9.59. The lowest BCUT2D eigenvalue weighted by atomic mass is 9.89. The van der Waals surface area contributed by atoms with E-state index in [1.807, 2.05) is 33.8 Å². The van der Waals surface area contributed by atoms with Crippen molar-refractivity contribution < 1.29 is 32.0 Å². The van der Waals surface area contributed by atoms with Gasteiger partial charge in [-0.2, -0.15) is 8.42 Å². The van der Waals surface area contributed by atoms with E-state index in [1.54, 1.807) is 30.4 Å². The minimum atomic E-state index is -4.25. The molecule has 0 atom stereocenters. The van der Waals surface area contributed by atoms with Gasteiger partial charge in [-0.3, -0.25) is 0 Å². The smallest absolute Gasteiger partial charge is 0.342 e. The van der Waals surface area contributed by atoms with Gasteiger partial charge in [0, 0.05) is 11.1 Å². The van der Waals surface area contributed by atoms with E-state index in [0.29, 0.717) is 23.1 Å². The number of hydrogen-bond donors (Lipinski definition) is 1. The standard InChI is InChI=1S/C29H28O7S/c1-5-21-19(4)25-16-35-29(32)26(25)27(36-37(33,34)20-14-12-17(2)13-15-20)23(21)10-7-9-22-18(3)8-6-11-24(22)28(30)31/h6-9,11-15H,5,10,16H2,1-4H3,(H,30,31)/b9-7+. The van der Waals surface area contributed by atoms with Crippen molar-refractivity contribution >= 4 is 28.1 Å². The number of aryl methyl sites for hydroxylation is 2. The third-order valence-corrected chi connectivity index (χ3v) is 7.88. The van der Waals surface area contributed by atoms with Gasteiger partial charge in [0.25, 0.3) is 0 Å². The lowest BCUT2D eigenvalue weighted by Gasteiger charge is -2.19. The fourth-order valence-corrected chi connectivity index (χ4v) is 5.63. The van der Waals surface area contributed by atoms with Gasteiger partial charge in [-0.15, -0.1) is 0 Å². The Morgan fingerprint density at radius 2 is 1.78 bits per heavy atom. The van der Waals surface area contributed by atoms with Gasteiger partial charge >= 0.3 is 22.1 Å². The summed E-state index contributed by atoms with van der Waals surface area (Å²) in [6.07, 6.45) is 4.26. The van der Waals surface area contributed by atoms with Crippen molar-refractivity contribution in [2.75, 3.05) is 0 Å². The predicted molar refractivity (Wildman–Crippen MR) is 140 cm³/mol. The molecule has 0 bridgehead atoms. The molecule has 0 spiro atoms. The topological polar surface area (TPSA) is 107 Å². The third kappa shape index (κ3) is 5.02. The van der Waals surface area contributed by atoms with Crippen LogP contribution in [-0.4, -0.2) is 25.5 Å². The van der Waals surface area contributed by atoms with Crippen LogP contribution < -0.4 is 4.18 Å². The van der Waals surface area contributed by atoms with Gasteiger partial charge in [0.1, 0.15) is 17.1 Å². The summed E-state index contributed by atoms with van der Waals surface area (Å²) >= 11 is 0. The van der Waals surface area contributed by atoms with Gasteiger partial charge in [-0.25, -0.2) is 9.59 Å². The first-order valence-electron chi connectivity index (χ1n) is 11.9. The third-order valence-electron chi connectivity index (χ3n) is 6.64. The Labute approximate surface area is 216 Å². The van der Waals surface area contributed by atoms with Crippen molar-refractivity contribution in [3.63, 3.8) is 0 Å². The fourth-order valence-electron chi connectivity index (χ4n) is 4.66. The van der Waals surface area contributed by atoms with E-state index in [4.69, 9.17) is 8.92 Å². The van der Waals surface area contributed by atoms with Gasteiger partial charge in [-0.05, 0) is 74.1 Å². The van der Waals surface area contributed by atoms with Crippen LogP contribution in [0.1, 0.15) is 66.6 Å². The van der Waals surface area contributed by atoms with Crippen LogP contribution in [0, 0.1) is 20.8 Å². The number of esters is 1. The number of fused-ring (bicyclic) bond motifs is 1. The molecule has 0 radical (unpaired) electrons. The van der Waals surface area contributed by atoms with E-state index >= 15 is 0 Å². The Bertz CT molecular complexity index is 1530. The first-order valence-corrected chi connectivity index (χ1v) is 13.3. The molecule has 1 N–H and O–H groups in total. The summed E-state index contributed by atoms with van der Waals surface area (Å²) in [5.41, 5.74) is 5.42. The lowest BCUT2D eigenvalue weighted by molar-refractivity contribution is 0.0533. The maximum absolute atomic E-state index is 13.3. The zero-order valence-corrected chi connectivity index (χ0v) is 21.9. The van der Waals surface area contributed by atoms with E-state index in [9.17, 15) is 23.1 Å². The molecule has 3 aromatic rings. The van der Waals surface area contributed by atoms with Gasteiger partial charge in [0.2, 0.25) is 0 Å². The number of carboxylic acids is 1. The minimum absolute atomic E-state index is 0.0238. The first-order chi connectivity index (χ1) is 17.5. The highest BCUT2D eigenvalue weighted by molar-refractivity contribution is 7.87. The van der Waals surface area contributed by atoms with Crippen LogP contribution in [-0.2, 0) is 34.3 Å². The van der Waals surface area contributed by atoms with Crippen molar-refractivity contribution in [2.24, 2.45) is 0 Å². The molecule has 4 rings (SSSR count). The Morgan fingerprint density at radius 3 is 2.43 bits per heavy atom. The molecule has 0 saturated heterocycles. The van der Waals surface area contributed by atoms with E-state index < -0.39 is 22.1 Å². The van der Waals surface area contributed by atoms with Gasteiger partial charge in [0.15, 0.2) is 5.75 Å². The first kappa shape index (κ1) is 26.2. The van der Waals surface area contributed by atoms with Gasteiger partial charge in [-0.1, -0.05) is 48.9 Å². The monoisotopic (exact) mass is 520 g/mol. The Kier molecular flexibility index (Phi) is 7.23. The number of cyclic esters (lactones) is 1. The molecular weight excluding hydrogens is 492 g/mol. The number of rotatable bonds is 8. The van der Waals surface area contributed by atoms with E-state index in [0.717, 1.165) is 22.3 Å². The Hall–Kier alpha value is -3.91. The zero-order valence-electron chi connectivity index (χ0n) is 21.1. The number of carbonyl (C=O) groups excluding carboxylic acids is 1. The molecule has 3 aromatic carbocycles. The van der Waals surface area contributed by atoms with Crippen molar-refractivity contribution in [3.05, 3.63) is 98.6 Å². The highest BCUT2D eigenvalue weighted by Gasteiger charge is 2.34. The van der Waals surface area contributed by atoms with Crippen LogP contribution in [0.4, 0.5) is 0 Å². The van der Waals surface area contributed by atoms with E-state index in [2.05, 4.69) is 0 Å². The maximum Gasteiger partial charge on any atom is 0.342 e. The van der Waals surface area contributed by atoms with Crippen molar-refractivity contribution in [1.29, 1.82) is 0 Å². The second kappa shape index (κ2) is 10.2. The summed E-state index contributed by atoms with van der Waals surface area (Å²) in [4.78, 5) is 24.4. The number of aromatic carboxylic acids is 1. The summed E-state index contributed by atoms with van der Waals surface area (Å²) < 4.78 is 37.5. The summed E-state index contributed by atoms with van der Waals surface area (Å²) in [5.74, 6) is -1.71.